The third-order valence-corrected chi connectivity index (χ3v) is 4.28. The topological polar surface area (TPSA) is 87.0 Å². The summed E-state index contributed by atoms with van der Waals surface area (Å²) in [5, 5.41) is 14.9. The summed E-state index contributed by atoms with van der Waals surface area (Å²) in [6.07, 6.45) is 0. The maximum absolute atomic E-state index is 12.0. The van der Waals surface area contributed by atoms with Crippen LogP contribution < -0.4 is 15.4 Å². The highest BCUT2D eigenvalue weighted by Gasteiger charge is 2.08. The predicted octanol–water partition coefficient (Wildman–Crippen LogP) is 3.50. The van der Waals surface area contributed by atoms with Gasteiger partial charge in [0, 0.05) is 6.54 Å². The van der Waals surface area contributed by atoms with Gasteiger partial charge in [-0.25, -0.2) is 9.78 Å². The predicted molar refractivity (Wildman–Crippen MR) is 93.2 cm³/mol. The molecule has 0 bridgehead atoms. The van der Waals surface area contributed by atoms with Gasteiger partial charge in [0.1, 0.15) is 5.75 Å². The normalized spacial score (nSPS) is 10.2. The molecule has 0 aliphatic rings. The van der Waals surface area contributed by atoms with E-state index in [1.807, 2.05) is 24.3 Å². The van der Waals surface area contributed by atoms with Crippen molar-refractivity contribution in [2.75, 3.05) is 12.4 Å². The highest BCUT2D eigenvalue weighted by Crippen LogP contribution is 2.26. The first-order valence-electron chi connectivity index (χ1n) is 7.16. The van der Waals surface area contributed by atoms with Crippen molar-refractivity contribution in [3.05, 3.63) is 53.6 Å². The van der Waals surface area contributed by atoms with Crippen LogP contribution in [0.4, 0.5) is 9.93 Å². The van der Waals surface area contributed by atoms with Crippen molar-refractivity contribution in [1.82, 2.24) is 10.3 Å². The highest BCUT2D eigenvalue weighted by molar-refractivity contribution is 7.22. The fraction of sp³-hybridized carbons (Fsp3) is 0.118. The zero-order valence-electron chi connectivity index (χ0n) is 12.9. The molecule has 0 fully saturated rings. The zero-order valence-corrected chi connectivity index (χ0v) is 13.7. The van der Waals surface area contributed by atoms with Gasteiger partial charge in [-0.1, -0.05) is 23.5 Å². The minimum Gasteiger partial charge on any atom is -0.497 e. The van der Waals surface area contributed by atoms with E-state index in [1.54, 1.807) is 25.3 Å². The Morgan fingerprint density at radius 3 is 2.79 bits per heavy atom. The van der Waals surface area contributed by atoms with Gasteiger partial charge < -0.3 is 10.1 Å². The van der Waals surface area contributed by atoms with E-state index < -0.39 is 0 Å². The third-order valence-electron chi connectivity index (χ3n) is 3.35. The second-order valence-electron chi connectivity index (χ2n) is 4.97. The quantitative estimate of drug-likeness (QED) is 0.762. The molecule has 1 heterocycles. The number of thiazole rings is 1. The number of amides is 2. The Balaban J connectivity index is 1.61. The van der Waals surface area contributed by atoms with Crippen LogP contribution in [0, 0.1) is 11.3 Å². The molecular formula is C17H14N4O2S. The van der Waals surface area contributed by atoms with Crippen molar-refractivity contribution in [3.63, 3.8) is 0 Å². The molecule has 1 aromatic heterocycles. The van der Waals surface area contributed by atoms with Crippen LogP contribution in [-0.2, 0) is 6.54 Å². The molecule has 2 aromatic carbocycles. The van der Waals surface area contributed by atoms with E-state index in [9.17, 15) is 4.79 Å². The van der Waals surface area contributed by atoms with Crippen LogP contribution >= 0.6 is 11.3 Å². The number of carbonyl (C=O) groups is 1. The number of urea groups is 1. The molecule has 0 unspecified atom stereocenters. The zero-order chi connectivity index (χ0) is 16.9. The summed E-state index contributed by atoms with van der Waals surface area (Å²) in [7, 11) is 1.61. The van der Waals surface area contributed by atoms with Gasteiger partial charge in [0.15, 0.2) is 5.13 Å². The molecule has 120 valence electrons. The number of nitrogens with one attached hydrogen (secondary N) is 2. The summed E-state index contributed by atoms with van der Waals surface area (Å²) in [5.74, 6) is 0.773. The standard InChI is InChI=1S/C17H14N4O2S/c1-23-13-5-2-11(3-6-13)10-19-16(22)21-17-20-14-7-4-12(9-18)8-15(14)24-17/h2-8H,10H2,1H3,(H2,19,20,21,22). The molecule has 2 amide bonds. The lowest BCUT2D eigenvalue weighted by Crippen LogP contribution is -2.28. The van der Waals surface area contributed by atoms with Gasteiger partial charge in [-0.3, -0.25) is 5.32 Å². The molecule has 0 spiro atoms. The van der Waals surface area contributed by atoms with Gasteiger partial charge in [0.05, 0.1) is 29.0 Å². The Bertz CT molecular complexity index is 912. The van der Waals surface area contributed by atoms with Crippen molar-refractivity contribution < 1.29 is 9.53 Å². The van der Waals surface area contributed by atoms with Crippen LogP contribution in [0.3, 0.4) is 0 Å². The number of aromatic nitrogens is 1. The van der Waals surface area contributed by atoms with E-state index in [2.05, 4.69) is 21.7 Å². The number of nitriles is 1. The number of hydrogen-bond acceptors (Lipinski definition) is 5. The molecule has 7 heteroatoms. The number of methoxy groups -OCH3 is 1. The first-order valence-corrected chi connectivity index (χ1v) is 7.98. The van der Waals surface area contributed by atoms with Crippen LogP contribution in [-0.4, -0.2) is 18.1 Å². The molecule has 24 heavy (non-hydrogen) atoms. The monoisotopic (exact) mass is 338 g/mol. The average molecular weight is 338 g/mol. The van der Waals surface area contributed by atoms with Crippen LogP contribution in [0.25, 0.3) is 10.2 Å². The molecule has 0 saturated heterocycles. The molecule has 0 radical (unpaired) electrons. The Morgan fingerprint density at radius 2 is 2.08 bits per heavy atom. The van der Waals surface area contributed by atoms with Crippen molar-refractivity contribution >= 4 is 32.7 Å². The lowest BCUT2D eigenvalue weighted by molar-refractivity contribution is 0.251. The number of rotatable bonds is 4. The smallest absolute Gasteiger partial charge is 0.321 e. The molecule has 0 atom stereocenters. The SMILES string of the molecule is COc1ccc(CNC(=O)Nc2nc3ccc(C#N)cc3s2)cc1. The van der Waals surface area contributed by atoms with E-state index in [0.29, 0.717) is 17.2 Å². The molecular weight excluding hydrogens is 324 g/mol. The first kappa shape index (κ1) is 15.8. The molecule has 3 aromatic rings. The van der Waals surface area contributed by atoms with Crippen LogP contribution in [0.5, 0.6) is 5.75 Å². The summed E-state index contributed by atoms with van der Waals surface area (Å²) in [6, 6.07) is 14.5. The molecule has 3 rings (SSSR count). The number of ether oxygens (including phenoxy) is 1. The van der Waals surface area contributed by atoms with Gasteiger partial charge in [0.2, 0.25) is 0 Å². The summed E-state index contributed by atoms with van der Waals surface area (Å²) in [6.45, 7) is 0.402. The lowest BCUT2D eigenvalue weighted by Gasteiger charge is -2.06. The van der Waals surface area contributed by atoms with E-state index in [4.69, 9.17) is 10.00 Å². The van der Waals surface area contributed by atoms with Gasteiger partial charge in [-0.2, -0.15) is 5.26 Å². The number of benzene rings is 2. The Hall–Kier alpha value is -3.11. The molecule has 0 aliphatic carbocycles. The fourth-order valence-corrected chi connectivity index (χ4v) is 3.01. The van der Waals surface area contributed by atoms with E-state index in [1.165, 1.54) is 11.3 Å². The Morgan fingerprint density at radius 1 is 1.29 bits per heavy atom. The number of fused-ring (bicyclic) bond motifs is 1. The van der Waals surface area contributed by atoms with Crippen LogP contribution in [0.2, 0.25) is 0 Å². The van der Waals surface area contributed by atoms with Gasteiger partial charge in [0.25, 0.3) is 0 Å². The Labute approximate surface area is 142 Å². The molecule has 2 N–H and O–H groups in total. The van der Waals surface area contributed by atoms with Crippen molar-refractivity contribution in [2.45, 2.75) is 6.54 Å². The van der Waals surface area contributed by atoms with Gasteiger partial charge in [-0.15, -0.1) is 0 Å². The summed E-state index contributed by atoms with van der Waals surface area (Å²) in [4.78, 5) is 16.3. The van der Waals surface area contributed by atoms with Crippen LogP contribution in [0.1, 0.15) is 11.1 Å². The van der Waals surface area contributed by atoms with E-state index >= 15 is 0 Å². The molecule has 0 aliphatic heterocycles. The van der Waals surface area contributed by atoms with Gasteiger partial charge >= 0.3 is 6.03 Å². The largest absolute Gasteiger partial charge is 0.497 e. The maximum atomic E-state index is 12.0. The average Bonchev–Trinajstić information content (AvgIpc) is 3.01. The van der Waals surface area contributed by atoms with E-state index in [0.717, 1.165) is 21.5 Å². The lowest BCUT2D eigenvalue weighted by atomic mass is 10.2. The minimum atomic E-state index is -0.328. The summed E-state index contributed by atoms with van der Waals surface area (Å²) < 4.78 is 5.95. The summed E-state index contributed by atoms with van der Waals surface area (Å²) >= 11 is 1.33. The second kappa shape index (κ2) is 6.98. The number of anilines is 1. The molecule has 6 nitrogen and oxygen atoms in total. The second-order valence-corrected chi connectivity index (χ2v) is 6.00. The number of carbonyl (C=O) groups excluding carboxylic acids is 1. The summed E-state index contributed by atoms with van der Waals surface area (Å²) in [5.41, 5.74) is 2.29. The third kappa shape index (κ3) is 3.62. The van der Waals surface area contributed by atoms with Crippen molar-refractivity contribution in [3.8, 4) is 11.8 Å². The number of nitrogens with zero attached hydrogens (tertiary/aromatic N) is 2. The maximum Gasteiger partial charge on any atom is 0.321 e. The van der Waals surface area contributed by atoms with Crippen molar-refractivity contribution in [2.24, 2.45) is 0 Å². The number of hydrogen-bond donors (Lipinski definition) is 2. The highest BCUT2D eigenvalue weighted by atomic mass is 32.1. The minimum absolute atomic E-state index is 0.328. The Kier molecular flexibility index (Phi) is 4.59. The fourth-order valence-electron chi connectivity index (χ4n) is 2.11. The van der Waals surface area contributed by atoms with Crippen molar-refractivity contribution in [1.29, 1.82) is 5.26 Å². The van der Waals surface area contributed by atoms with E-state index in [-0.39, 0.29) is 6.03 Å². The van der Waals surface area contributed by atoms with Crippen LogP contribution in [0.15, 0.2) is 42.5 Å². The van der Waals surface area contributed by atoms with Gasteiger partial charge in [-0.05, 0) is 35.9 Å². The first-order chi connectivity index (χ1) is 11.7. The molecule has 0 saturated carbocycles.